The maximum atomic E-state index is 13.1. The summed E-state index contributed by atoms with van der Waals surface area (Å²) in [5.74, 6) is -0.795. The number of ether oxygens (including phenoxy) is 1. The first-order valence-corrected chi connectivity index (χ1v) is 10.1. The minimum Gasteiger partial charge on any atom is -0.459 e. The third-order valence-electron chi connectivity index (χ3n) is 5.28. The van der Waals surface area contributed by atoms with Gasteiger partial charge < -0.3 is 19.9 Å². The lowest BCUT2D eigenvalue weighted by Crippen LogP contribution is -2.47. The highest BCUT2D eigenvalue weighted by Crippen LogP contribution is 2.24. The Bertz CT molecular complexity index is 738. The van der Waals surface area contributed by atoms with Gasteiger partial charge in [0.15, 0.2) is 0 Å². The van der Waals surface area contributed by atoms with Gasteiger partial charge in [-0.15, -0.1) is 0 Å². The second-order valence-electron chi connectivity index (χ2n) is 7.99. The van der Waals surface area contributed by atoms with Gasteiger partial charge in [0.25, 0.3) is 5.91 Å². The van der Waals surface area contributed by atoms with E-state index in [0.29, 0.717) is 35.6 Å². The van der Waals surface area contributed by atoms with Crippen molar-refractivity contribution in [3.63, 3.8) is 0 Å². The first-order chi connectivity index (χ1) is 13.1. The number of likely N-dealkylation sites (tertiary alicyclic amines) is 1. The minimum atomic E-state index is -0.426. The molecule has 156 valence electrons. The number of aromatic nitrogens is 1. The summed E-state index contributed by atoms with van der Waals surface area (Å²) in [7, 11) is 0. The van der Waals surface area contributed by atoms with Crippen molar-refractivity contribution in [2.45, 2.75) is 73.0 Å². The molecule has 2 N–H and O–H groups in total. The summed E-state index contributed by atoms with van der Waals surface area (Å²) in [5, 5.41) is 3.01. The second-order valence-corrected chi connectivity index (χ2v) is 7.99. The third kappa shape index (κ3) is 4.94. The molecule has 1 aliphatic heterocycles. The number of aryl methyl sites for hydroxylation is 1. The normalized spacial score (nSPS) is 18.1. The van der Waals surface area contributed by atoms with E-state index >= 15 is 0 Å². The van der Waals surface area contributed by atoms with Crippen LogP contribution >= 0.6 is 0 Å². The molecular formula is C21H33N3O4. The molecule has 1 fully saturated rings. The summed E-state index contributed by atoms with van der Waals surface area (Å²) in [6.45, 7) is 12.1. The van der Waals surface area contributed by atoms with Crippen LogP contribution in [0.3, 0.4) is 0 Å². The summed E-state index contributed by atoms with van der Waals surface area (Å²) >= 11 is 0. The van der Waals surface area contributed by atoms with Crippen LogP contribution in [0.15, 0.2) is 0 Å². The van der Waals surface area contributed by atoms with Crippen molar-refractivity contribution in [2.75, 3.05) is 13.1 Å². The van der Waals surface area contributed by atoms with Gasteiger partial charge in [-0.3, -0.25) is 9.59 Å². The van der Waals surface area contributed by atoms with E-state index in [4.69, 9.17) is 4.74 Å². The van der Waals surface area contributed by atoms with Gasteiger partial charge in [-0.25, -0.2) is 4.79 Å². The monoisotopic (exact) mass is 391 g/mol. The van der Waals surface area contributed by atoms with Crippen molar-refractivity contribution < 1.29 is 19.1 Å². The van der Waals surface area contributed by atoms with E-state index in [9.17, 15) is 14.4 Å². The molecule has 1 saturated heterocycles. The zero-order valence-electron chi connectivity index (χ0n) is 17.8. The molecule has 0 spiro atoms. The molecule has 1 aliphatic rings. The number of nitrogens with one attached hydrogen (secondary N) is 2. The highest BCUT2D eigenvalue weighted by atomic mass is 16.5. The zero-order valence-corrected chi connectivity index (χ0v) is 17.8. The SMILES string of the molecule is CC[C@H](C)NC(=O)[C@@H]1CCCN(C(=O)c2[nH]c(C)c(C(=O)OC(C)C)c2C)C1. The van der Waals surface area contributed by atoms with Gasteiger partial charge in [-0.1, -0.05) is 6.92 Å². The molecule has 1 aromatic heterocycles. The number of H-pyrrole nitrogens is 1. The summed E-state index contributed by atoms with van der Waals surface area (Å²) in [6.07, 6.45) is 2.20. The molecule has 0 saturated carbocycles. The number of aromatic amines is 1. The Labute approximate surface area is 167 Å². The number of nitrogens with zero attached hydrogens (tertiary/aromatic N) is 1. The lowest BCUT2D eigenvalue weighted by Gasteiger charge is -2.32. The Morgan fingerprint density at radius 3 is 2.54 bits per heavy atom. The highest BCUT2D eigenvalue weighted by molar-refractivity contribution is 6.00. The molecule has 0 radical (unpaired) electrons. The topological polar surface area (TPSA) is 91.5 Å². The third-order valence-corrected chi connectivity index (χ3v) is 5.28. The fourth-order valence-electron chi connectivity index (χ4n) is 3.54. The Hall–Kier alpha value is -2.31. The Morgan fingerprint density at radius 2 is 1.93 bits per heavy atom. The molecular weight excluding hydrogens is 358 g/mol. The fraction of sp³-hybridized carbons (Fsp3) is 0.667. The van der Waals surface area contributed by atoms with Crippen LogP contribution in [-0.2, 0) is 9.53 Å². The number of hydrogen-bond donors (Lipinski definition) is 2. The first-order valence-electron chi connectivity index (χ1n) is 10.1. The molecule has 0 aromatic carbocycles. The van der Waals surface area contributed by atoms with Gasteiger partial charge in [-0.2, -0.15) is 0 Å². The standard InChI is InChI=1S/C21H33N3O4/c1-7-13(4)22-19(25)16-9-8-10-24(11-16)20(26)18-14(5)17(15(6)23-18)21(27)28-12(2)3/h12-13,16,23H,7-11H2,1-6H3,(H,22,25)/t13-,16+/m0/s1. The molecule has 2 atom stereocenters. The van der Waals surface area contributed by atoms with Crippen LogP contribution in [0.25, 0.3) is 0 Å². The quantitative estimate of drug-likeness (QED) is 0.730. The van der Waals surface area contributed by atoms with E-state index in [-0.39, 0.29) is 29.9 Å². The Morgan fingerprint density at radius 1 is 1.25 bits per heavy atom. The number of rotatable bonds is 6. The van der Waals surface area contributed by atoms with Gasteiger partial charge in [-0.05, 0) is 59.4 Å². The zero-order chi connectivity index (χ0) is 21.0. The molecule has 0 unspecified atom stereocenters. The molecule has 7 nitrogen and oxygen atoms in total. The maximum Gasteiger partial charge on any atom is 0.340 e. The largest absolute Gasteiger partial charge is 0.459 e. The fourth-order valence-corrected chi connectivity index (χ4v) is 3.54. The van der Waals surface area contributed by atoms with Crippen molar-refractivity contribution in [1.29, 1.82) is 0 Å². The number of amides is 2. The second kappa shape index (κ2) is 9.26. The van der Waals surface area contributed by atoms with E-state index in [1.807, 2.05) is 13.8 Å². The van der Waals surface area contributed by atoms with Crippen molar-refractivity contribution in [3.8, 4) is 0 Å². The minimum absolute atomic E-state index is 0.00689. The molecule has 2 heterocycles. The summed E-state index contributed by atoms with van der Waals surface area (Å²) in [5.41, 5.74) is 2.03. The summed E-state index contributed by atoms with van der Waals surface area (Å²) in [6, 6.07) is 0.126. The lowest BCUT2D eigenvalue weighted by atomic mass is 9.96. The van der Waals surface area contributed by atoms with Crippen LogP contribution in [-0.4, -0.2) is 52.9 Å². The van der Waals surface area contributed by atoms with Gasteiger partial charge in [0, 0.05) is 24.8 Å². The molecule has 28 heavy (non-hydrogen) atoms. The van der Waals surface area contributed by atoms with E-state index < -0.39 is 5.97 Å². The molecule has 0 aliphatic carbocycles. The predicted octanol–water partition coefficient (Wildman–Crippen LogP) is 2.96. The van der Waals surface area contributed by atoms with Gasteiger partial charge >= 0.3 is 5.97 Å². The number of piperidine rings is 1. The molecule has 2 rings (SSSR count). The van der Waals surface area contributed by atoms with Crippen molar-refractivity contribution in [1.82, 2.24) is 15.2 Å². The van der Waals surface area contributed by atoms with Crippen LogP contribution in [0, 0.1) is 19.8 Å². The van der Waals surface area contributed by atoms with Crippen LogP contribution < -0.4 is 5.32 Å². The van der Waals surface area contributed by atoms with Gasteiger partial charge in [0.2, 0.25) is 5.91 Å². The summed E-state index contributed by atoms with van der Waals surface area (Å²) < 4.78 is 5.30. The number of esters is 1. The Kier molecular flexibility index (Phi) is 7.27. The molecule has 1 aromatic rings. The van der Waals surface area contributed by atoms with Crippen LogP contribution in [0.5, 0.6) is 0 Å². The highest BCUT2D eigenvalue weighted by Gasteiger charge is 2.32. The van der Waals surface area contributed by atoms with Crippen molar-refractivity contribution in [2.24, 2.45) is 5.92 Å². The van der Waals surface area contributed by atoms with E-state index in [1.54, 1.807) is 32.6 Å². The van der Waals surface area contributed by atoms with Crippen LogP contribution in [0.2, 0.25) is 0 Å². The summed E-state index contributed by atoms with van der Waals surface area (Å²) in [4.78, 5) is 42.7. The predicted molar refractivity (Wildman–Crippen MR) is 107 cm³/mol. The maximum absolute atomic E-state index is 13.1. The van der Waals surface area contributed by atoms with E-state index in [0.717, 1.165) is 19.3 Å². The number of hydrogen-bond acceptors (Lipinski definition) is 4. The van der Waals surface area contributed by atoms with Crippen molar-refractivity contribution in [3.05, 3.63) is 22.5 Å². The van der Waals surface area contributed by atoms with E-state index in [1.165, 1.54) is 0 Å². The average Bonchev–Trinajstić information content (AvgIpc) is 2.94. The van der Waals surface area contributed by atoms with Crippen molar-refractivity contribution >= 4 is 17.8 Å². The smallest absolute Gasteiger partial charge is 0.340 e. The lowest BCUT2D eigenvalue weighted by molar-refractivity contribution is -0.126. The molecule has 2 amide bonds. The molecule has 0 bridgehead atoms. The van der Waals surface area contributed by atoms with E-state index in [2.05, 4.69) is 10.3 Å². The molecule has 7 heteroatoms. The number of carbonyl (C=O) groups excluding carboxylic acids is 3. The average molecular weight is 392 g/mol. The first kappa shape index (κ1) is 22.0. The Balaban J connectivity index is 2.15. The van der Waals surface area contributed by atoms with Gasteiger partial charge in [0.05, 0.1) is 17.6 Å². The van der Waals surface area contributed by atoms with Crippen LogP contribution in [0.1, 0.15) is 79.1 Å². The number of carbonyl (C=O) groups is 3. The van der Waals surface area contributed by atoms with Gasteiger partial charge in [0.1, 0.15) is 5.69 Å². The van der Waals surface area contributed by atoms with Crippen LogP contribution in [0.4, 0.5) is 0 Å².